The zero-order chi connectivity index (χ0) is 11.0. The van der Waals surface area contributed by atoms with E-state index in [1.807, 2.05) is 0 Å². The fourth-order valence-electron chi connectivity index (χ4n) is 1.34. The number of imidazole rings is 1. The molecule has 0 atom stereocenters. The van der Waals surface area contributed by atoms with Crippen LogP contribution in [0.25, 0.3) is 11.3 Å². The lowest BCUT2D eigenvalue weighted by molar-refractivity contribution is 0.572. The number of hydrogen-bond acceptors (Lipinski definition) is 2. The summed E-state index contributed by atoms with van der Waals surface area (Å²) >= 11 is 0. The summed E-state index contributed by atoms with van der Waals surface area (Å²) in [5.41, 5.74) is 0.587. The van der Waals surface area contributed by atoms with E-state index in [9.17, 15) is 8.78 Å². The van der Waals surface area contributed by atoms with Gasteiger partial charge >= 0.3 is 0 Å². The fourth-order valence-corrected chi connectivity index (χ4v) is 1.34. The van der Waals surface area contributed by atoms with Crippen molar-refractivity contribution in [3.05, 3.63) is 35.5 Å². The highest BCUT2D eigenvalue weighted by molar-refractivity contribution is 5.58. The van der Waals surface area contributed by atoms with Gasteiger partial charge in [0.05, 0.1) is 5.56 Å². The van der Waals surface area contributed by atoms with Crippen molar-refractivity contribution in [1.29, 1.82) is 0 Å². The third-order valence-electron chi connectivity index (χ3n) is 2.02. The molecule has 0 unspecified atom stereocenters. The number of hydrogen-bond donors (Lipinski definition) is 1. The molecule has 0 saturated heterocycles. The Balaban J connectivity index is 2.59. The standard InChI is InChI=1S/C10H9F2N3/c1-5-3-4-7(9(11)13-5)8-10(12)15-6(2)14-8/h3-4H,1-2H3,(H,14,15). The molecule has 0 aliphatic heterocycles. The molecule has 0 aromatic carbocycles. The Bertz CT molecular complexity index is 505. The zero-order valence-corrected chi connectivity index (χ0v) is 8.31. The van der Waals surface area contributed by atoms with Gasteiger partial charge in [-0.05, 0) is 26.0 Å². The first-order valence-corrected chi connectivity index (χ1v) is 4.43. The predicted molar refractivity (Wildman–Crippen MR) is 51.2 cm³/mol. The van der Waals surface area contributed by atoms with Gasteiger partial charge in [-0.25, -0.2) is 9.97 Å². The van der Waals surface area contributed by atoms with Crippen LogP contribution < -0.4 is 0 Å². The Morgan fingerprint density at radius 2 is 1.87 bits per heavy atom. The third-order valence-corrected chi connectivity index (χ3v) is 2.02. The number of aromatic amines is 1. The van der Waals surface area contributed by atoms with Gasteiger partial charge in [0.15, 0.2) is 0 Å². The fraction of sp³-hybridized carbons (Fsp3) is 0.200. The number of H-pyrrole nitrogens is 1. The molecule has 0 bridgehead atoms. The summed E-state index contributed by atoms with van der Waals surface area (Å²) in [6, 6.07) is 3.08. The van der Waals surface area contributed by atoms with E-state index >= 15 is 0 Å². The van der Waals surface area contributed by atoms with Crippen molar-refractivity contribution in [2.75, 3.05) is 0 Å². The summed E-state index contributed by atoms with van der Waals surface area (Å²) in [5, 5.41) is 0. The van der Waals surface area contributed by atoms with Gasteiger partial charge in [-0.2, -0.15) is 8.78 Å². The first kappa shape index (κ1) is 9.76. The van der Waals surface area contributed by atoms with Crippen LogP contribution in [0, 0.1) is 25.7 Å². The molecule has 0 aliphatic rings. The zero-order valence-electron chi connectivity index (χ0n) is 8.31. The lowest BCUT2D eigenvalue weighted by atomic mass is 10.2. The van der Waals surface area contributed by atoms with Crippen molar-refractivity contribution < 1.29 is 8.78 Å². The molecular weight excluding hydrogens is 200 g/mol. The maximum absolute atomic E-state index is 13.4. The topological polar surface area (TPSA) is 41.6 Å². The number of pyridine rings is 1. The van der Waals surface area contributed by atoms with Gasteiger partial charge in [-0.3, -0.25) is 0 Å². The average Bonchev–Trinajstić information content (AvgIpc) is 2.45. The summed E-state index contributed by atoms with van der Waals surface area (Å²) < 4.78 is 26.7. The molecule has 3 nitrogen and oxygen atoms in total. The van der Waals surface area contributed by atoms with Crippen molar-refractivity contribution in [3.63, 3.8) is 0 Å². The molecule has 2 aromatic heterocycles. The van der Waals surface area contributed by atoms with E-state index in [0.29, 0.717) is 11.5 Å². The molecule has 0 radical (unpaired) electrons. The van der Waals surface area contributed by atoms with Gasteiger partial charge in [0.1, 0.15) is 11.5 Å². The summed E-state index contributed by atoms with van der Waals surface area (Å²) in [6.07, 6.45) is 0. The van der Waals surface area contributed by atoms with Crippen molar-refractivity contribution in [2.45, 2.75) is 13.8 Å². The van der Waals surface area contributed by atoms with Crippen LogP contribution in [-0.2, 0) is 0 Å². The van der Waals surface area contributed by atoms with Gasteiger partial charge in [0.25, 0.3) is 0 Å². The molecule has 0 aliphatic carbocycles. The van der Waals surface area contributed by atoms with Gasteiger partial charge in [0, 0.05) is 5.69 Å². The molecule has 0 fully saturated rings. The van der Waals surface area contributed by atoms with Crippen LogP contribution in [-0.4, -0.2) is 15.0 Å². The molecule has 5 heteroatoms. The van der Waals surface area contributed by atoms with E-state index < -0.39 is 11.9 Å². The molecule has 2 heterocycles. The van der Waals surface area contributed by atoms with E-state index in [4.69, 9.17) is 0 Å². The molecule has 2 rings (SSSR count). The summed E-state index contributed by atoms with van der Waals surface area (Å²) in [5.74, 6) is -0.945. The molecule has 0 spiro atoms. The SMILES string of the molecule is Cc1ccc(-c2nc(C)[nH]c2F)c(F)n1. The quantitative estimate of drug-likeness (QED) is 0.732. The first-order valence-electron chi connectivity index (χ1n) is 4.43. The summed E-state index contributed by atoms with van der Waals surface area (Å²) in [4.78, 5) is 9.85. The van der Waals surface area contributed by atoms with Crippen LogP contribution in [0.4, 0.5) is 8.78 Å². The maximum Gasteiger partial charge on any atom is 0.222 e. The minimum atomic E-state index is -0.708. The molecular formula is C10H9F2N3. The smallest absolute Gasteiger partial charge is 0.222 e. The molecule has 2 aromatic rings. The van der Waals surface area contributed by atoms with Crippen LogP contribution in [0.3, 0.4) is 0 Å². The number of nitrogens with one attached hydrogen (secondary N) is 1. The Morgan fingerprint density at radius 3 is 2.40 bits per heavy atom. The molecule has 0 amide bonds. The number of rotatable bonds is 1. The first-order chi connectivity index (χ1) is 7.08. The van der Waals surface area contributed by atoms with E-state index in [-0.39, 0.29) is 11.3 Å². The number of halogens is 2. The maximum atomic E-state index is 13.4. The van der Waals surface area contributed by atoms with Crippen LogP contribution >= 0.6 is 0 Å². The highest BCUT2D eigenvalue weighted by Crippen LogP contribution is 2.22. The van der Waals surface area contributed by atoms with Crippen molar-refractivity contribution in [1.82, 2.24) is 15.0 Å². The van der Waals surface area contributed by atoms with Crippen LogP contribution in [0.1, 0.15) is 11.5 Å². The summed E-state index contributed by atoms with van der Waals surface area (Å²) in [6.45, 7) is 3.27. The lowest BCUT2D eigenvalue weighted by Crippen LogP contribution is -1.93. The number of aromatic nitrogens is 3. The van der Waals surface area contributed by atoms with Crippen LogP contribution in [0.5, 0.6) is 0 Å². The van der Waals surface area contributed by atoms with Crippen molar-refractivity contribution in [3.8, 4) is 11.3 Å². The van der Waals surface area contributed by atoms with E-state index in [0.717, 1.165) is 0 Å². The second-order valence-electron chi connectivity index (χ2n) is 3.28. The normalized spacial score (nSPS) is 10.7. The minimum Gasteiger partial charge on any atom is -0.319 e. The second kappa shape index (κ2) is 3.42. The van der Waals surface area contributed by atoms with Gasteiger partial charge in [0.2, 0.25) is 11.9 Å². The molecule has 1 N–H and O–H groups in total. The van der Waals surface area contributed by atoms with Crippen molar-refractivity contribution >= 4 is 0 Å². The molecule has 15 heavy (non-hydrogen) atoms. The van der Waals surface area contributed by atoms with E-state index in [1.165, 1.54) is 6.07 Å². The van der Waals surface area contributed by atoms with Crippen LogP contribution in [0.15, 0.2) is 12.1 Å². The van der Waals surface area contributed by atoms with Gasteiger partial charge < -0.3 is 4.98 Å². The molecule has 0 saturated carbocycles. The second-order valence-corrected chi connectivity index (χ2v) is 3.28. The highest BCUT2D eigenvalue weighted by atomic mass is 19.1. The summed E-state index contributed by atoms with van der Waals surface area (Å²) in [7, 11) is 0. The Kier molecular flexibility index (Phi) is 2.22. The number of nitrogens with zero attached hydrogens (tertiary/aromatic N) is 2. The lowest BCUT2D eigenvalue weighted by Gasteiger charge is -1.99. The Morgan fingerprint density at radius 1 is 1.13 bits per heavy atom. The monoisotopic (exact) mass is 209 g/mol. The highest BCUT2D eigenvalue weighted by Gasteiger charge is 2.15. The Labute approximate surface area is 85.2 Å². The number of aryl methyl sites for hydroxylation is 2. The van der Waals surface area contributed by atoms with Gasteiger partial charge in [-0.15, -0.1) is 0 Å². The average molecular weight is 209 g/mol. The van der Waals surface area contributed by atoms with E-state index in [1.54, 1.807) is 19.9 Å². The van der Waals surface area contributed by atoms with Crippen LogP contribution in [0.2, 0.25) is 0 Å². The van der Waals surface area contributed by atoms with Gasteiger partial charge in [-0.1, -0.05) is 0 Å². The molecule has 78 valence electrons. The predicted octanol–water partition coefficient (Wildman–Crippen LogP) is 2.37. The Hall–Kier alpha value is -1.78. The van der Waals surface area contributed by atoms with Crippen molar-refractivity contribution in [2.24, 2.45) is 0 Å². The minimum absolute atomic E-state index is 0.0301. The van der Waals surface area contributed by atoms with E-state index in [2.05, 4.69) is 15.0 Å². The largest absolute Gasteiger partial charge is 0.319 e. The third kappa shape index (κ3) is 1.72.